The highest BCUT2D eigenvalue weighted by atomic mass is 16.5. The molecule has 2 aromatic carbocycles. The lowest BCUT2D eigenvalue weighted by atomic mass is 9.85. The third-order valence-corrected chi connectivity index (χ3v) is 6.64. The van der Waals surface area contributed by atoms with Crippen molar-refractivity contribution < 1.29 is 14.3 Å². The van der Waals surface area contributed by atoms with Crippen molar-refractivity contribution in [1.82, 2.24) is 9.97 Å². The summed E-state index contributed by atoms with van der Waals surface area (Å²) in [6.07, 6.45) is 6.93. The number of benzene rings is 2. The van der Waals surface area contributed by atoms with E-state index in [0.29, 0.717) is 11.5 Å². The van der Waals surface area contributed by atoms with Crippen LogP contribution in [0.3, 0.4) is 0 Å². The summed E-state index contributed by atoms with van der Waals surface area (Å²) in [5, 5.41) is 0.930. The Labute approximate surface area is 173 Å². The lowest BCUT2D eigenvalue weighted by molar-refractivity contribution is -0.123. The van der Waals surface area contributed by atoms with Crippen molar-refractivity contribution in [3.8, 4) is 17.1 Å². The van der Waals surface area contributed by atoms with Gasteiger partial charge in [0.15, 0.2) is 5.82 Å². The maximum Gasteiger partial charge on any atom is 0.238 e. The van der Waals surface area contributed by atoms with Crippen molar-refractivity contribution >= 4 is 28.4 Å². The van der Waals surface area contributed by atoms with Crippen molar-refractivity contribution in [2.45, 2.75) is 6.42 Å². The number of carbonyl (C=O) groups is 2. The number of nitrogens with zero attached hydrogens (tertiary/aromatic N) is 3. The number of carbonyl (C=O) groups excluding carboxylic acids is 2. The number of fused-ring (bicyclic) bond motifs is 6. The molecule has 2 heterocycles. The van der Waals surface area contributed by atoms with E-state index in [4.69, 9.17) is 4.74 Å². The van der Waals surface area contributed by atoms with Gasteiger partial charge in [0.25, 0.3) is 0 Å². The fourth-order valence-corrected chi connectivity index (χ4v) is 5.19. The molecule has 6 heteroatoms. The van der Waals surface area contributed by atoms with Gasteiger partial charge in [-0.25, -0.2) is 9.97 Å². The minimum Gasteiger partial charge on any atom is -0.497 e. The van der Waals surface area contributed by atoms with E-state index in [1.807, 2.05) is 30.3 Å². The molecule has 2 amide bonds. The third kappa shape index (κ3) is 2.36. The van der Waals surface area contributed by atoms with Gasteiger partial charge >= 0.3 is 0 Å². The van der Waals surface area contributed by atoms with Gasteiger partial charge in [-0.1, -0.05) is 12.2 Å². The smallest absolute Gasteiger partial charge is 0.238 e. The van der Waals surface area contributed by atoms with E-state index in [1.165, 1.54) is 4.90 Å². The predicted molar refractivity (Wildman–Crippen MR) is 112 cm³/mol. The SMILES string of the molecule is COc1ccc2cnc(-c3ccc(N4C(=O)C5C6C=CC(C6)C5C4=O)cc3)nc2c1. The first-order valence-corrected chi connectivity index (χ1v) is 10.1. The molecule has 3 aromatic rings. The second kappa shape index (κ2) is 6.23. The van der Waals surface area contributed by atoms with Crippen LogP contribution in [0.4, 0.5) is 5.69 Å². The fraction of sp³-hybridized carbons (Fsp3) is 0.250. The molecule has 0 spiro atoms. The van der Waals surface area contributed by atoms with Gasteiger partial charge in [0.2, 0.25) is 11.8 Å². The van der Waals surface area contributed by atoms with Gasteiger partial charge < -0.3 is 4.74 Å². The summed E-state index contributed by atoms with van der Waals surface area (Å²) in [5.74, 6) is 1.24. The molecule has 1 saturated heterocycles. The number of allylic oxidation sites excluding steroid dienone is 2. The van der Waals surface area contributed by atoms with Crippen LogP contribution in [0.15, 0.2) is 60.8 Å². The molecule has 6 nitrogen and oxygen atoms in total. The van der Waals surface area contributed by atoms with E-state index >= 15 is 0 Å². The third-order valence-electron chi connectivity index (χ3n) is 6.64. The number of aromatic nitrogens is 2. The molecule has 1 saturated carbocycles. The molecule has 30 heavy (non-hydrogen) atoms. The van der Waals surface area contributed by atoms with Crippen LogP contribution >= 0.6 is 0 Å². The monoisotopic (exact) mass is 397 g/mol. The number of hydrogen-bond donors (Lipinski definition) is 0. The Hall–Kier alpha value is -3.54. The van der Waals surface area contributed by atoms with Gasteiger partial charge in [-0.15, -0.1) is 0 Å². The Bertz CT molecular complexity index is 1200. The lowest BCUT2D eigenvalue weighted by Crippen LogP contribution is -2.32. The zero-order valence-electron chi connectivity index (χ0n) is 16.4. The Morgan fingerprint density at radius 1 is 0.967 bits per heavy atom. The van der Waals surface area contributed by atoms with Gasteiger partial charge in [0.05, 0.1) is 30.1 Å². The molecule has 0 N–H and O–H groups in total. The number of methoxy groups -OCH3 is 1. The van der Waals surface area contributed by atoms with Crippen LogP contribution < -0.4 is 9.64 Å². The molecule has 0 radical (unpaired) electrons. The molecule has 4 unspecified atom stereocenters. The number of anilines is 1. The van der Waals surface area contributed by atoms with E-state index < -0.39 is 0 Å². The first-order valence-electron chi connectivity index (χ1n) is 10.1. The van der Waals surface area contributed by atoms with Crippen LogP contribution in [-0.2, 0) is 9.59 Å². The number of hydrogen-bond acceptors (Lipinski definition) is 5. The topological polar surface area (TPSA) is 72.4 Å². The van der Waals surface area contributed by atoms with Crippen LogP contribution in [0.5, 0.6) is 5.75 Å². The molecular formula is C24H19N3O3. The van der Waals surface area contributed by atoms with E-state index in [1.54, 1.807) is 25.4 Å². The van der Waals surface area contributed by atoms with Crippen molar-refractivity contribution in [3.63, 3.8) is 0 Å². The van der Waals surface area contributed by atoms with Gasteiger partial charge in [-0.3, -0.25) is 14.5 Å². The Balaban J connectivity index is 1.31. The summed E-state index contributed by atoms with van der Waals surface area (Å²) in [6.45, 7) is 0. The fourth-order valence-electron chi connectivity index (χ4n) is 5.19. The maximum atomic E-state index is 13.0. The van der Waals surface area contributed by atoms with Crippen LogP contribution in [0.2, 0.25) is 0 Å². The number of imide groups is 1. The molecule has 148 valence electrons. The molecule has 2 bridgehead atoms. The molecular weight excluding hydrogens is 378 g/mol. The number of rotatable bonds is 3. The highest BCUT2D eigenvalue weighted by molar-refractivity contribution is 6.22. The van der Waals surface area contributed by atoms with Crippen molar-refractivity contribution in [2.75, 3.05) is 12.0 Å². The van der Waals surface area contributed by atoms with Crippen LogP contribution in [0.1, 0.15) is 6.42 Å². The summed E-state index contributed by atoms with van der Waals surface area (Å²) in [7, 11) is 1.62. The Morgan fingerprint density at radius 3 is 2.33 bits per heavy atom. The molecule has 2 aliphatic carbocycles. The average molecular weight is 397 g/mol. The quantitative estimate of drug-likeness (QED) is 0.499. The van der Waals surface area contributed by atoms with Gasteiger partial charge in [-0.2, -0.15) is 0 Å². The Kier molecular flexibility index (Phi) is 3.60. The van der Waals surface area contributed by atoms with E-state index in [9.17, 15) is 9.59 Å². The standard InChI is InChI=1S/C24H19N3O3/c1-30-18-9-6-16-12-25-22(26-19(16)11-18)13-4-7-17(8-5-13)27-23(28)20-14-2-3-15(10-14)21(20)24(27)29/h2-9,11-12,14-15,20-21H,10H2,1H3. The lowest BCUT2D eigenvalue weighted by Gasteiger charge is -2.17. The Morgan fingerprint density at radius 2 is 1.67 bits per heavy atom. The number of ether oxygens (including phenoxy) is 1. The van der Waals surface area contributed by atoms with Crippen molar-refractivity contribution in [3.05, 3.63) is 60.8 Å². The summed E-state index contributed by atoms with van der Waals surface area (Å²) in [5.41, 5.74) is 2.23. The largest absolute Gasteiger partial charge is 0.497 e. The zero-order valence-corrected chi connectivity index (χ0v) is 16.4. The summed E-state index contributed by atoms with van der Waals surface area (Å²) < 4.78 is 5.28. The molecule has 4 atom stereocenters. The van der Waals surface area contributed by atoms with Crippen molar-refractivity contribution in [2.24, 2.45) is 23.7 Å². The molecule has 2 fully saturated rings. The predicted octanol–water partition coefficient (Wildman–Crippen LogP) is 3.62. The molecule has 6 rings (SSSR count). The number of amides is 2. The zero-order chi connectivity index (χ0) is 20.4. The maximum absolute atomic E-state index is 13.0. The first-order chi connectivity index (χ1) is 14.6. The minimum absolute atomic E-state index is 0.0661. The second-order valence-electron chi connectivity index (χ2n) is 8.18. The normalized spacial score (nSPS) is 26.6. The average Bonchev–Trinajstić information content (AvgIpc) is 3.47. The van der Waals surface area contributed by atoms with Crippen molar-refractivity contribution in [1.29, 1.82) is 0 Å². The highest BCUT2D eigenvalue weighted by Gasteiger charge is 2.59. The van der Waals surface area contributed by atoms with Crippen LogP contribution in [0.25, 0.3) is 22.3 Å². The highest BCUT2D eigenvalue weighted by Crippen LogP contribution is 2.53. The molecule has 3 aliphatic rings. The van der Waals surface area contributed by atoms with E-state index in [2.05, 4.69) is 22.1 Å². The van der Waals surface area contributed by atoms with Crippen LogP contribution in [-0.4, -0.2) is 28.9 Å². The van der Waals surface area contributed by atoms with Gasteiger partial charge in [0, 0.05) is 23.2 Å². The van der Waals surface area contributed by atoms with E-state index in [0.717, 1.165) is 28.6 Å². The summed E-state index contributed by atoms with van der Waals surface area (Å²) in [6, 6.07) is 13.0. The van der Waals surface area contributed by atoms with Gasteiger partial charge in [0.1, 0.15) is 5.75 Å². The van der Waals surface area contributed by atoms with E-state index in [-0.39, 0.29) is 35.5 Å². The minimum atomic E-state index is -0.189. The summed E-state index contributed by atoms with van der Waals surface area (Å²) >= 11 is 0. The summed E-state index contributed by atoms with van der Waals surface area (Å²) in [4.78, 5) is 36.4. The second-order valence-corrected chi connectivity index (χ2v) is 8.18. The first kappa shape index (κ1) is 17.3. The van der Waals surface area contributed by atoms with Crippen LogP contribution in [0, 0.1) is 23.7 Å². The van der Waals surface area contributed by atoms with Gasteiger partial charge in [-0.05, 0) is 54.7 Å². The molecule has 1 aromatic heterocycles. The molecule has 1 aliphatic heterocycles.